The highest BCUT2D eigenvalue weighted by molar-refractivity contribution is 5.76. The molecule has 0 saturated heterocycles. The topological polar surface area (TPSA) is 69.0 Å². The van der Waals surface area contributed by atoms with E-state index in [4.69, 9.17) is 4.74 Å². The van der Waals surface area contributed by atoms with Gasteiger partial charge in [0.2, 0.25) is 5.91 Å². The maximum absolute atomic E-state index is 12.2. The van der Waals surface area contributed by atoms with E-state index < -0.39 is 0 Å². The zero-order valence-electron chi connectivity index (χ0n) is 13.4. The first-order valence-corrected chi connectivity index (χ1v) is 8.05. The van der Waals surface area contributed by atoms with Crippen molar-refractivity contribution in [3.63, 3.8) is 0 Å². The molecule has 1 N–H and O–H groups in total. The van der Waals surface area contributed by atoms with E-state index in [1.165, 1.54) is 17.5 Å². The highest BCUT2D eigenvalue weighted by Crippen LogP contribution is 2.32. The summed E-state index contributed by atoms with van der Waals surface area (Å²) < 4.78 is 7.03. The number of carbonyl (C=O) groups is 1. The maximum Gasteiger partial charge on any atom is 0.220 e. The Bertz CT molecular complexity index is 655. The van der Waals surface area contributed by atoms with Crippen molar-refractivity contribution >= 4 is 5.91 Å². The summed E-state index contributed by atoms with van der Waals surface area (Å²) in [7, 11) is 1.68. The number of aryl methyl sites for hydroxylation is 2. The van der Waals surface area contributed by atoms with Gasteiger partial charge >= 0.3 is 0 Å². The van der Waals surface area contributed by atoms with E-state index in [1.54, 1.807) is 18.1 Å². The van der Waals surface area contributed by atoms with Gasteiger partial charge in [0, 0.05) is 13.0 Å². The van der Waals surface area contributed by atoms with Gasteiger partial charge in [-0.05, 0) is 48.9 Å². The normalized spacial score (nSPS) is 16.7. The molecule has 1 aromatic heterocycles. The van der Waals surface area contributed by atoms with E-state index in [0.717, 1.165) is 31.4 Å². The number of hydrogen-bond acceptors (Lipinski definition) is 4. The third kappa shape index (κ3) is 3.88. The molecule has 3 rings (SSSR count). The van der Waals surface area contributed by atoms with Crippen LogP contribution in [0.1, 0.15) is 42.9 Å². The van der Waals surface area contributed by atoms with Crippen molar-refractivity contribution in [3.8, 4) is 5.75 Å². The molecule has 23 heavy (non-hydrogen) atoms. The van der Waals surface area contributed by atoms with Gasteiger partial charge in [-0.3, -0.25) is 9.48 Å². The summed E-state index contributed by atoms with van der Waals surface area (Å²) in [6, 6.07) is 6.24. The van der Waals surface area contributed by atoms with Crippen molar-refractivity contribution in [2.45, 2.75) is 44.7 Å². The lowest BCUT2D eigenvalue weighted by Crippen LogP contribution is -2.31. The first-order valence-electron chi connectivity index (χ1n) is 8.05. The summed E-state index contributed by atoms with van der Waals surface area (Å²) in [6.45, 7) is 0.714. The van der Waals surface area contributed by atoms with E-state index in [9.17, 15) is 4.79 Å². The van der Waals surface area contributed by atoms with Crippen molar-refractivity contribution in [2.75, 3.05) is 7.11 Å². The second-order valence-corrected chi connectivity index (χ2v) is 5.84. The number of nitrogens with zero attached hydrogens (tertiary/aromatic N) is 3. The molecule has 1 aromatic carbocycles. The Morgan fingerprint density at radius 3 is 3.17 bits per heavy atom. The summed E-state index contributed by atoms with van der Waals surface area (Å²) in [4.78, 5) is 16.1. The van der Waals surface area contributed by atoms with Gasteiger partial charge in [0.1, 0.15) is 18.4 Å². The average Bonchev–Trinajstić information content (AvgIpc) is 3.08. The van der Waals surface area contributed by atoms with Crippen molar-refractivity contribution in [3.05, 3.63) is 42.0 Å². The summed E-state index contributed by atoms with van der Waals surface area (Å²) in [5.41, 5.74) is 2.50. The number of ether oxygens (including phenoxy) is 1. The average molecular weight is 314 g/mol. The number of hydrogen-bond donors (Lipinski definition) is 1. The number of nitrogens with one attached hydrogen (secondary N) is 1. The lowest BCUT2D eigenvalue weighted by molar-refractivity contribution is -0.122. The molecule has 1 heterocycles. The van der Waals surface area contributed by atoms with Gasteiger partial charge in [0.05, 0.1) is 13.2 Å². The molecule has 1 atom stereocenters. The number of amides is 1. The molecular formula is C17H22N4O2. The quantitative estimate of drug-likeness (QED) is 0.888. The van der Waals surface area contributed by atoms with E-state index in [-0.39, 0.29) is 11.9 Å². The van der Waals surface area contributed by atoms with Crippen LogP contribution in [0.25, 0.3) is 0 Å². The van der Waals surface area contributed by atoms with Crippen LogP contribution in [0.2, 0.25) is 0 Å². The molecule has 1 unspecified atom stereocenters. The third-order valence-electron chi connectivity index (χ3n) is 4.26. The highest BCUT2D eigenvalue weighted by Gasteiger charge is 2.22. The van der Waals surface area contributed by atoms with E-state index in [0.29, 0.717) is 13.0 Å². The molecule has 6 nitrogen and oxygen atoms in total. The van der Waals surface area contributed by atoms with Gasteiger partial charge in [-0.15, -0.1) is 0 Å². The smallest absolute Gasteiger partial charge is 0.220 e. The molecule has 1 aliphatic carbocycles. The number of carbonyl (C=O) groups excluding carboxylic acids is 1. The van der Waals surface area contributed by atoms with Gasteiger partial charge in [0.25, 0.3) is 0 Å². The second kappa shape index (κ2) is 7.26. The second-order valence-electron chi connectivity index (χ2n) is 5.84. The van der Waals surface area contributed by atoms with Gasteiger partial charge in [-0.2, -0.15) is 5.10 Å². The fourth-order valence-electron chi connectivity index (χ4n) is 3.08. The molecule has 1 amide bonds. The lowest BCUT2D eigenvalue weighted by Gasteiger charge is -2.26. The molecule has 2 aromatic rings. The van der Waals surface area contributed by atoms with Crippen LogP contribution in [-0.2, 0) is 17.8 Å². The molecule has 0 spiro atoms. The predicted octanol–water partition coefficient (Wildman–Crippen LogP) is 2.26. The first kappa shape index (κ1) is 15.5. The number of rotatable bonds is 6. The Hall–Kier alpha value is -2.37. The van der Waals surface area contributed by atoms with Crippen molar-refractivity contribution in [1.82, 2.24) is 20.1 Å². The van der Waals surface area contributed by atoms with E-state index >= 15 is 0 Å². The zero-order chi connectivity index (χ0) is 16.1. The SMILES string of the molecule is COc1ccc2c(c1)CCCC2NC(=O)CCCn1cncn1. The van der Waals surface area contributed by atoms with Gasteiger partial charge in [-0.1, -0.05) is 6.07 Å². The molecular weight excluding hydrogens is 292 g/mol. The van der Waals surface area contributed by atoms with Crippen LogP contribution in [0, 0.1) is 0 Å². The van der Waals surface area contributed by atoms with Crippen LogP contribution in [0.15, 0.2) is 30.9 Å². The fraction of sp³-hybridized carbons (Fsp3) is 0.471. The lowest BCUT2D eigenvalue weighted by atomic mass is 9.87. The Kier molecular flexibility index (Phi) is 4.90. The predicted molar refractivity (Wildman–Crippen MR) is 86.1 cm³/mol. The van der Waals surface area contributed by atoms with Crippen LogP contribution >= 0.6 is 0 Å². The van der Waals surface area contributed by atoms with Crippen LogP contribution < -0.4 is 10.1 Å². The fourth-order valence-corrected chi connectivity index (χ4v) is 3.08. The molecule has 0 bridgehead atoms. The van der Waals surface area contributed by atoms with Crippen molar-refractivity contribution in [2.24, 2.45) is 0 Å². The maximum atomic E-state index is 12.2. The molecule has 1 aliphatic rings. The van der Waals surface area contributed by atoms with Crippen LogP contribution in [-0.4, -0.2) is 27.8 Å². The number of methoxy groups -OCH3 is 1. The molecule has 0 saturated carbocycles. The van der Waals surface area contributed by atoms with Gasteiger partial charge in [-0.25, -0.2) is 4.98 Å². The Balaban J connectivity index is 1.55. The number of fused-ring (bicyclic) bond motifs is 1. The first-order chi connectivity index (χ1) is 11.3. The summed E-state index contributed by atoms with van der Waals surface area (Å²) in [5.74, 6) is 0.974. The van der Waals surface area contributed by atoms with Gasteiger partial charge < -0.3 is 10.1 Å². The summed E-state index contributed by atoms with van der Waals surface area (Å²) in [6.07, 6.45) is 7.57. The molecule has 0 aliphatic heterocycles. The summed E-state index contributed by atoms with van der Waals surface area (Å²) >= 11 is 0. The minimum Gasteiger partial charge on any atom is -0.497 e. The summed E-state index contributed by atoms with van der Waals surface area (Å²) in [5, 5.41) is 7.20. The van der Waals surface area contributed by atoms with Crippen molar-refractivity contribution < 1.29 is 9.53 Å². The molecule has 6 heteroatoms. The monoisotopic (exact) mass is 314 g/mol. The van der Waals surface area contributed by atoms with Crippen LogP contribution in [0.3, 0.4) is 0 Å². The minimum absolute atomic E-state index is 0.0961. The van der Waals surface area contributed by atoms with Crippen LogP contribution in [0.5, 0.6) is 5.75 Å². The third-order valence-corrected chi connectivity index (χ3v) is 4.26. The Morgan fingerprint density at radius 1 is 1.48 bits per heavy atom. The highest BCUT2D eigenvalue weighted by atomic mass is 16.5. The van der Waals surface area contributed by atoms with Crippen molar-refractivity contribution in [1.29, 1.82) is 0 Å². The van der Waals surface area contributed by atoms with Crippen LogP contribution in [0.4, 0.5) is 0 Å². The Morgan fingerprint density at radius 2 is 2.39 bits per heavy atom. The molecule has 0 fully saturated rings. The number of aromatic nitrogens is 3. The molecule has 122 valence electrons. The minimum atomic E-state index is 0.0961. The van der Waals surface area contributed by atoms with Gasteiger partial charge in [0.15, 0.2) is 0 Å². The molecule has 0 radical (unpaired) electrons. The van der Waals surface area contributed by atoms with E-state index in [1.807, 2.05) is 6.07 Å². The Labute approximate surface area is 135 Å². The van der Waals surface area contributed by atoms with E-state index in [2.05, 4.69) is 27.5 Å². The largest absolute Gasteiger partial charge is 0.497 e. The zero-order valence-corrected chi connectivity index (χ0v) is 13.4. The standard InChI is InChI=1S/C17H22N4O2/c1-23-14-7-8-15-13(10-14)4-2-5-16(15)20-17(22)6-3-9-21-12-18-11-19-21/h7-8,10-12,16H,2-6,9H2,1H3,(H,20,22). The number of benzene rings is 1.